The maximum absolute atomic E-state index is 13.2. The number of ether oxygens (including phenoxy) is 1. The second-order valence-electron chi connectivity index (χ2n) is 7.19. The lowest BCUT2D eigenvalue weighted by molar-refractivity contribution is 0.00847. The second-order valence-corrected chi connectivity index (χ2v) is 7.19. The molecule has 3 rings (SSSR count). The number of nitrogens with zero attached hydrogens (tertiary/aromatic N) is 2. The Labute approximate surface area is 195 Å². The number of carbonyl (C=O) groups is 2. The third-order valence-corrected chi connectivity index (χ3v) is 5.12. The van der Waals surface area contributed by atoms with Crippen molar-refractivity contribution in [1.82, 2.24) is 9.88 Å². The highest BCUT2D eigenvalue weighted by Crippen LogP contribution is 2.25. The van der Waals surface area contributed by atoms with E-state index in [2.05, 4.69) is 10.3 Å². The smallest absolute Gasteiger partial charge is 0.255 e. The Balaban J connectivity index is 0.00000240. The summed E-state index contributed by atoms with van der Waals surface area (Å²) in [5, 5.41) is 2.91. The number of halogens is 2. The van der Waals surface area contributed by atoms with Crippen LogP contribution in [0.25, 0.3) is 0 Å². The topological polar surface area (TPSA) is 97.5 Å². The molecule has 3 N–H and O–H groups in total. The van der Waals surface area contributed by atoms with Crippen LogP contribution < -0.4 is 11.1 Å². The number of amides is 2. The van der Waals surface area contributed by atoms with Gasteiger partial charge in [-0.1, -0.05) is 12.1 Å². The first-order valence-corrected chi connectivity index (χ1v) is 10.0. The molecule has 1 fully saturated rings. The summed E-state index contributed by atoms with van der Waals surface area (Å²) in [4.78, 5) is 31.5. The first-order chi connectivity index (χ1) is 14.1. The van der Waals surface area contributed by atoms with Crippen molar-refractivity contribution in [2.24, 2.45) is 5.73 Å². The highest BCUT2D eigenvalue weighted by molar-refractivity contribution is 6.09. The van der Waals surface area contributed by atoms with E-state index in [1.165, 1.54) is 0 Å². The van der Waals surface area contributed by atoms with Crippen molar-refractivity contribution in [3.63, 3.8) is 0 Å². The summed E-state index contributed by atoms with van der Waals surface area (Å²) in [6, 6.07) is 8.78. The predicted octanol–water partition coefficient (Wildman–Crippen LogP) is 3.46. The molecular formula is C22H30Cl2N4O3. The fraction of sp³-hybridized carbons (Fsp3) is 0.409. The van der Waals surface area contributed by atoms with Crippen LogP contribution in [-0.4, -0.2) is 54.0 Å². The molecule has 0 saturated carbocycles. The minimum atomic E-state index is -0.261. The lowest BCUT2D eigenvalue weighted by Crippen LogP contribution is -2.41. The van der Waals surface area contributed by atoms with Crippen molar-refractivity contribution < 1.29 is 14.3 Å². The molecule has 0 radical (unpaired) electrons. The third-order valence-electron chi connectivity index (χ3n) is 5.12. The van der Waals surface area contributed by atoms with Crippen molar-refractivity contribution in [2.45, 2.75) is 32.3 Å². The van der Waals surface area contributed by atoms with Crippen LogP contribution in [0.15, 0.2) is 42.7 Å². The van der Waals surface area contributed by atoms with Crippen molar-refractivity contribution in [2.75, 3.05) is 31.6 Å². The molecule has 1 saturated heterocycles. The number of nitrogens with one attached hydrogen (secondary N) is 1. The number of aromatic nitrogens is 1. The van der Waals surface area contributed by atoms with Gasteiger partial charge in [0.05, 0.1) is 17.4 Å². The Morgan fingerprint density at radius 3 is 2.48 bits per heavy atom. The van der Waals surface area contributed by atoms with E-state index in [1.54, 1.807) is 30.6 Å². The third kappa shape index (κ3) is 7.18. The van der Waals surface area contributed by atoms with Gasteiger partial charge in [0.1, 0.15) is 0 Å². The van der Waals surface area contributed by atoms with Crippen molar-refractivity contribution in [1.29, 1.82) is 0 Å². The number of carbonyl (C=O) groups excluding carboxylic acids is 2. The molecule has 2 aromatic rings. The summed E-state index contributed by atoms with van der Waals surface area (Å²) in [7, 11) is 0. The Bertz CT molecular complexity index is 844. The maximum Gasteiger partial charge on any atom is 0.255 e. The van der Waals surface area contributed by atoms with Gasteiger partial charge in [-0.25, -0.2) is 0 Å². The molecule has 2 amide bonds. The van der Waals surface area contributed by atoms with E-state index < -0.39 is 0 Å². The molecule has 1 aromatic carbocycles. The van der Waals surface area contributed by atoms with E-state index in [0.29, 0.717) is 43.1 Å². The summed E-state index contributed by atoms with van der Waals surface area (Å²) < 4.78 is 5.82. The second kappa shape index (κ2) is 13.3. The predicted molar refractivity (Wildman–Crippen MR) is 126 cm³/mol. The molecule has 31 heavy (non-hydrogen) atoms. The van der Waals surface area contributed by atoms with Crippen LogP contribution in [0.4, 0.5) is 5.69 Å². The zero-order valence-electron chi connectivity index (χ0n) is 17.6. The van der Waals surface area contributed by atoms with Gasteiger partial charge in [-0.15, -0.1) is 24.8 Å². The highest BCUT2D eigenvalue weighted by Gasteiger charge is 2.26. The molecule has 0 atom stereocenters. The van der Waals surface area contributed by atoms with Gasteiger partial charge in [-0.3, -0.25) is 14.6 Å². The fourth-order valence-corrected chi connectivity index (χ4v) is 3.43. The number of nitrogens with two attached hydrogens (primary N) is 1. The minimum absolute atomic E-state index is 0. The average molecular weight is 469 g/mol. The van der Waals surface area contributed by atoms with E-state index in [9.17, 15) is 9.59 Å². The van der Waals surface area contributed by atoms with Gasteiger partial charge in [0.25, 0.3) is 11.8 Å². The number of pyridine rings is 1. The van der Waals surface area contributed by atoms with E-state index in [-0.39, 0.29) is 42.7 Å². The molecule has 170 valence electrons. The molecule has 0 unspecified atom stereocenters. The number of hydrogen-bond acceptors (Lipinski definition) is 5. The number of aryl methyl sites for hydroxylation is 1. The van der Waals surface area contributed by atoms with Gasteiger partial charge in [0.15, 0.2) is 0 Å². The van der Waals surface area contributed by atoms with Crippen molar-refractivity contribution in [3.8, 4) is 0 Å². The van der Waals surface area contributed by atoms with Crippen LogP contribution in [0, 0.1) is 6.92 Å². The van der Waals surface area contributed by atoms with Gasteiger partial charge in [0.2, 0.25) is 0 Å². The molecule has 7 nitrogen and oxygen atoms in total. The van der Waals surface area contributed by atoms with Crippen LogP contribution in [0.2, 0.25) is 0 Å². The molecule has 0 spiro atoms. The first-order valence-electron chi connectivity index (χ1n) is 10.0. The van der Waals surface area contributed by atoms with Gasteiger partial charge in [-0.2, -0.15) is 0 Å². The van der Waals surface area contributed by atoms with Crippen LogP contribution in [0.5, 0.6) is 0 Å². The van der Waals surface area contributed by atoms with E-state index in [4.69, 9.17) is 10.5 Å². The Kier molecular flexibility index (Phi) is 11.5. The molecule has 0 bridgehead atoms. The van der Waals surface area contributed by atoms with Gasteiger partial charge in [-0.05, 0) is 56.5 Å². The molecule has 2 heterocycles. The van der Waals surface area contributed by atoms with Crippen molar-refractivity contribution >= 4 is 42.3 Å². The number of hydrogen-bond donors (Lipinski definition) is 2. The van der Waals surface area contributed by atoms with Gasteiger partial charge in [0, 0.05) is 37.7 Å². The highest BCUT2D eigenvalue weighted by atomic mass is 35.5. The van der Waals surface area contributed by atoms with E-state index in [1.807, 2.05) is 24.0 Å². The summed E-state index contributed by atoms with van der Waals surface area (Å²) >= 11 is 0. The molecule has 1 aliphatic heterocycles. The quantitative estimate of drug-likeness (QED) is 0.606. The van der Waals surface area contributed by atoms with Crippen LogP contribution in [0.1, 0.15) is 45.5 Å². The zero-order valence-corrected chi connectivity index (χ0v) is 19.2. The normalized spacial score (nSPS) is 13.7. The van der Waals surface area contributed by atoms with Crippen LogP contribution >= 0.6 is 24.8 Å². The lowest BCUT2D eigenvalue weighted by Gasteiger charge is -2.32. The summed E-state index contributed by atoms with van der Waals surface area (Å²) in [6.07, 6.45) is 5.77. The van der Waals surface area contributed by atoms with Crippen LogP contribution in [-0.2, 0) is 4.74 Å². The van der Waals surface area contributed by atoms with Gasteiger partial charge < -0.3 is 20.7 Å². The molecular weight excluding hydrogens is 439 g/mol. The average Bonchev–Trinajstić information content (AvgIpc) is 2.76. The Hall–Kier alpha value is -2.19. The number of benzene rings is 1. The first kappa shape index (κ1) is 26.8. The number of anilines is 1. The number of para-hydroxylation sites is 1. The van der Waals surface area contributed by atoms with E-state index in [0.717, 1.165) is 24.8 Å². The lowest BCUT2D eigenvalue weighted by atomic mass is 10.0. The summed E-state index contributed by atoms with van der Waals surface area (Å²) in [6.45, 7) is 4.45. The fourth-order valence-electron chi connectivity index (χ4n) is 3.43. The molecule has 1 aromatic heterocycles. The molecule has 9 heteroatoms. The summed E-state index contributed by atoms with van der Waals surface area (Å²) in [5.41, 5.74) is 7.91. The zero-order chi connectivity index (χ0) is 20.6. The summed E-state index contributed by atoms with van der Waals surface area (Å²) in [5.74, 6) is -0.332. The Morgan fingerprint density at radius 1 is 1.16 bits per heavy atom. The number of likely N-dealkylation sites (tertiary alicyclic amines) is 1. The maximum atomic E-state index is 13.2. The Morgan fingerprint density at radius 2 is 1.84 bits per heavy atom. The monoisotopic (exact) mass is 468 g/mol. The largest absolute Gasteiger partial charge is 0.378 e. The number of rotatable bonds is 7. The van der Waals surface area contributed by atoms with E-state index >= 15 is 0 Å². The number of piperidine rings is 1. The molecule has 0 aliphatic carbocycles. The van der Waals surface area contributed by atoms with Crippen molar-refractivity contribution in [3.05, 3.63) is 59.4 Å². The molecule has 1 aliphatic rings. The SMILES string of the molecule is Cc1cccc(C(=O)N2CCC(OCCCN)CC2)c1NC(=O)c1ccncc1.Cl.Cl. The standard InChI is InChI=1S/C22H28N4O3.2ClH/c1-16-4-2-5-19(20(16)25-21(27)17-6-11-24-12-7-17)22(28)26-13-8-18(9-14-26)29-15-3-10-23;;/h2,4-7,11-12,18H,3,8-10,13-15,23H2,1H3,(H,25,27);2*1H. The van der Waals surface area contributed by atoms with Gasteiger partial charge >= 0.3 is 0 Å². The van der Waals surface area contributed by atoms with Crippen LogP contribution in [0.3, 0.4) is 0 Å². The minimum Gasteiger partial charge on any atom is -0.378 e.